The number of carbonyl (C=O) groups excluding carboxylic acids is 2. The fraction of sp³-hybridized carbons (Fsp3) is 0.333. The summed E-state index contributed by atoms with van der Waals surface area (Å²) in [5, 5.41) is 2.78. The Kier molecular flexibility index (Phi) is 7.26. The number of benzene rings is 2. The highest BCUT2D eigenvalue weighted by molar-refractivity contribution is 5.91. The molecule has 2 aromatic carbocycles. The van der Waals surface area contributed by atoms with Crippen molar-refractivity contribution in [1.82, 2.24) is 5.32 Å². The summed E-state index contributed by atoms with van der Waals surface area (Å²) in [5.41, 5.74) is 1.97. The summed E-state index contributed by atoms with van der Waals surface area (Å²) >= 11 is 0. The molecule has 0 bridgehead atoms. The normalized spacial score (nSPS) is 11.3. The van der Waals surface area contributed by atoms with E-state index in [0.29, 0.717) is 22.8 Å². The molecule has 28 heavy (non-hydrogen) atoms. The maximum atomic E-state index is 12.2. The lowest BCUT2D eigenvalue weighted by molar-refractivity contribution is -0.124. The van der Waals surface area contributed by atoms with Crippen LogP contribution in [0.2, 0.25) is 0 Å². The fourth-order valence-electron chi connectivity index (χ4n) is 2.70. The molecule has 0 aliphatic rings. The van der Waals surface area contributed by atoms with Gasteiger partial charge in [-0.25, -0.2) is 4.79 Å². The van der Waals surface area contributed by atoms with Gasteiger partial charge in [0.25, 0.3) is 5.91 Å². The summed E-state index contributed by atoms with van der Waals surface area (Å²) in [6.07, 6.45) is 0. The molecule has 2 rings (SSSR count). The third-order valence-electron chi connectivity index (χ3n) is 4.26. The highest BCUT2D eigenvalue weighted by Gasteiger charge is 2.17. The second kappa shape index (κ2) is 9.64. The smallest absolute Gasteiger partial charge is 0.338 e. The third kappa shape index (κ3) is 5.16. The second-order valence-electron chi connectivity index (χ2n) is 6.16. The molecule has 0 spiro atoms. The van der Waals surface area contributed by atoms with Crippen molar-refractivity contribution in [2.45, 2.75) is 19.9 Å². The number of nitrogens with one attached hydrogen (secondary N) is 1. The summed E-state index contributed by atoms with van der Waals surface area (Å²) in [7, 11) is 4.64. The Hall–Kier alpha value is -3.22. The number of methoxy groups -OCH3 is 3. The number of ether oxygens (including phenoxy) is 4. The number of carbonyl (C=O) groups is 2. The van der Waals surface area contributed by atoms with E-state index in [1.807, 2.05) is 13.8 Å². The molecule has 150 valence electrons. The Balaban J connectivity index is 1.98. The molecule has 0 aromatic heterocycles. The number of hydrogen-bond acceptors (Lipinski definition) is 6. The lowest BCUT2D eigenvalue weighted by Crippen LogP contribution is -2.31. The van der Waals surface area contributed by atoms with Crippen molar-refractivity contribution >= 4 is 11.9 Å². The molecule has 0 unspecified atom stereocenters. The van der Waals surface area contributed by atoms with Gasteiger partial charge in [-0.1, -0.05) is 6.07 Å². The molecule has 7 heteroatoms. The van der Waals surface area contributed by atoms with Gasteiger partial charge in [0.2, 0.25) is 0 Å². The molecule has 0 aliphatic carbocycles. The van der Waals surface area contributed by atoms with E-state index in [4.69, 9.17) is 18.9 Å². The molecule has 0 fully saturated rings. The van der Waals surface area contributed by atoms with Crippen molar-refractivity contribution in [2.24, 2.45) is 0 Å². The number of aryl methyl sites for hydroxylation is 1. The van der Waals surface area contributed by atoms with Crippen LogP contribution >= 0.6 is 0 Å². The fourth-order valence-corrected chi connectivity index (χ4v) is 2.70. The van der Waals surface area contributed by atoms with E-state index in [9.17, 15) is 9.59 Å². The second-order valence-corrected chi connectivity index (χ2v) is 6.16. The van der Waals surface area contributed by atoms with Crippen LogP contribution in [0.5, 0.6) is 17.2 Å². The van der Waals surface area contributed by atoms with E-state index in [1.165, 1.54) is 7.11 Å². The van der Waals surface area contributed by atoms with Crippen LogP contribution in [0.4, 0.5) is 0 Å². The molecular weight excluding hydrogens is 362 g/mol. The maximum Gasteiger partial charge on any atom is 0.338 e. The van der Waals surface area contributed by atoms with Gasteiger partial charge in [0.1, 0.15) is 17.2 Å². The van der Waals surface area contributed by atoms with Gasteiger partial charge in [0, 0.05) is 5.56 Å². The van der Waals surface area contributed by atoms with E-state index in [2.05, 4.69) is 5.32 Å². The van der Waals surface area contributed by atoms with Crippen LogP contribution < -0.4 is 19.5 Å². The average Bonchev–Trinajstić information content (AvgIpc) is 2.71. The third-order valence-corrected chi connectivity index (χ3v) is 4.26. The van der Waals surface area contributed by atoms with Crippen LogP contribution in [0.25, 0.3) is 0 Å². The Morgan fingerprint density at radius 3 is 2.32 bits per heavy atom. The van der Waals surface area contributed by atoms with Crippen LogP contribution in [-0.4, -0.2) is 39.8 Å². The average molecular weight is 387 g/mol. The number of esters is 1. The molecule has 2 aromatic rings. The predicted molar refractivity (Wildman–Crippen MR) is 104 cm³/mol. The molecule has 1 atom stereocenters. The van der Waals surface area contributed by atoms with Crippen molar-refractivity contribution in [3.63, 3.8) is 0 Å². The van der Waals surface area contributed by atoms with Crippen LogP contribution in [0, 0.1) is 6.92 Å². The van der Waals surface area contributed by atoms with Crippen LogP contribution in [0.1, 0.15) is 34.5 Å². The first kappa shape index (κ1) is 21.1. The maximum absolute atomic E-state index is 12.2. The molecule has 0 heterocycles. The van der Waals surface area contributed by atoms with Crippen LogP contribution in [-0.2, 0) is 9.53 Å². The molecule has 1 N–H and O–H groups in total. The molecule has 0 aliphatic heterocycles. The van der Waals surface area contributed by atoms with E-state index in [0.717, 1.165) is 11.1 Å². The zero-order chi connectivity index (χ0) is 20.7. The molecule has 0 radical (unpaired) electrons. The molecular formula is C21H25NO6. The van der Waals surface area contributed by atoms with Crippen molar-refractivity contribution in [3.05, 3.63) is 53.1 Å². The molecule has 7 nitrogen and oxygen atoms in total. The minimum absolute atomic E-state index is 0.317. The van der Waals surface area contributed by atoms with Gasteiger partial charge in [0.05, 0.1) is 32.9 Å². The Morgan fingerprint density at radius 2 is 1.68 bits per heavy atom. The lowest BCUT2D eigenvalue weighted by Gasteiger charge is -2.18. The zero-order valence-electron chi connectivity index (χ0n) is 16.7. The van der Waals surface area contributed by atoms with Crippen LogP contribution in [0.3, 0.4) is 0 Å². The van der Waals surface area contributed by atoms with Crippen molar-refractivity contribution < 1.29 is 28.5 Å². The number of amides is 1. The lowest BCUT2D eigenvalue weighted by atomic mass is 10.1. The van der Waals surface area contributed by atoms with Gasteiger partial charge in [0.15, 0.2) is 6.61 Å². The summed E-state index contributed by atoms with van der Waals surface area (Å²) < 4.78 is 20.8. The van der Waals surface area contributed by atoms with Crippen molar-refractivity contribution in [2.75, 3.05) is 27.9 Å². The zero-order valence-corrected chi connectivity index (χ0v) is 16.7. The van der Waals surface area contributed by atoms with E-state index in [1.54, 1.807) is 50.6 Å². The largest absolute Gasteiger partial charge is 0.497 e. The van der Waals surface area contributed by atoms with E-state index < -0.39 is 18.5 Å². The van der Waals surface area contributed by atoms with E-state index in [-0.39, 0.29) is 6.04 Å². The highest BCUT2D eigenvalue weighted by atomic mass is 16.5. The topological polar surface area (TPSA) is 83.1 Å². The van der Waals surface area contributed by atoms with Gasteiger partial charge in [-0.2, -0.15) is 0 Å². The standard InChI is InChI=1S/C21H25NO6/c1-13-6-7-15(10-19(13)27-5)21(24)28-12-20(23)22-14(2)17-11-16(25-3)8-9-18(17)26-4/h6-11,14H,12H2,1-5H3,(H,22,23)/t14-/m0/s1. The minimum Gasteiger partial charge on any atom is -0.497 e. The quantitative estimate of drug-likeness (QED) is 0.701. The summed E-state index contributed by atoms with van der Waals surface area (Å²) in [6, 6.07) is 9.92. The van der Waals surface area contributed by atoms with Gasteiger partial charge in [-0.3, -0.25) is 4.79 Å². The van der Waals surface area contributed by atoms with Gasteiger partial charge in [-0.05, 0) is 49.7 Å². The van der Waals surface area contributed by atoms with Gasteiger partial charge < -0.3 is 24.3 Å². The molecule has 1 amide bonds. The summed E-state index contributed by atoms with van der Waals surface area (Å²) in [6.45, 7) is 3.28. The SMILES string of the molecule is COc1ccc(OC)c([C@H](C)NC(=O)COC(=O)c2ccc(C)c(OC)c2)c1. The first-order valence-corrected chi connectivity index (χ1v) is 8.72. The molecule has 0 saturated heterocycles. The minimum atomic E-state index is -0.597. The van der Waals surface area contributed by atoms with Crippen molar-refractivity contribution in [3.8, 4) is 17.2 Å². The number of rotatable bonds is 8. The summed E-state index contributed by atoms with van der Waals surface area (Å²) in [5.74, 6) is 0.830. The highest BCUT2D eigenvalue weighted by Crippen LogP contribution is 2.29. The first-order chi connectivity index (χ1) is 13.4. The number of hydrogen-bond donors (Lipinski definition) is 1. The van der Waals surface area contributed by atoms with Gasteiger partial charge in [-0.15, -0.1) is 0 Å². The first-order valence-electron chi connectivity index (χ1n) is 8.72. The Labute approximate surface area is 164 Å². The molecule has 0 saturated carbocycles. The Bertz CT molecular complexity index is 849. The summed E-state index contributed by atoms with van der Waals surface area (Å²) in [4.78, 5) is 24.4. The van der Waals surface area contributed by atoms with E-state index >= 15 is 0 Å². The monoisotopic (exact) mass is 387 g/mol. The van der Waals surface area contributed by atoms with Crippen molar-refractivity contribution in [1.29, 1.82) is 0 Å². The Morgan fingerprint density at radius 1 is 0.964 bits per heavy atom. The van der Waals surface area contributed by atoms with Crippen LogP contribution in [0.15, 0.2) is 36.4 Å². The predicted octanol–water partition coefficient (Wildman–Crippen LogP) is 3.06. The van der Waals surface area contributed by atoms with Gasteiger partial charge >= 0.3 is 5.97 Å².